The number of carbonyl (C=O) groups is 1. The van der Waals surface area contributed by atoms with Crippen LogP contribution in [-0.2, 0) is 0 Å². The number of aromatic nitrogens is 1. The van der Waals surface area contributed by atoms with Gasteiger partial charge in [0.1, 0.15) is 0 Å². The average Bonchev–Trinajstić information content (AvgIpc) is 3.13. The molecule has 22 heavy (non-hydrogen) atoms. The summed E-state index contributed by atoms with van der Waals surface area (Å²) in [6, 6.07) is 5.21. The predicted molar refractivity (Wildman–Crippen MR) is 91.9 cm³/mol. The van der Waals surface area contributed by atoms with Crippen molar-refractivity contribution in [2.24, 2.45) is 5.73 Å². The first-order chi connectivity index (χ1) is 9.97. The summed E-state index contributed by atoms with van der Waals surface area (Å²) in [5.41, 5.74) is 6.00. The van der Waals surface area contributed by atoms with Crippen molar-refractivity contribution in [2.75, 3.05) is 6.54 Å². The molecule has 8 heteroatoms. The van der Waals surface area contributed by atoms with Gasteiger partial charge < -0.3 is 15.6 Å². The molecule has 0 aliphatic rings. The summed E-state index contributed by atoms with van der Waals surface area (Å²) >= 11 is 7.25. The first kappa shape index (κ1) is 19.0. The quantitative estimate of drug-likeness (QED) is 0.819. The van der Waals surface area contributed by atoms with Crippen LogP contribution in [0, 0.1) is 0 Å². The van der Waals surface area contributed by atoms with Crippen LogP contribution in [-0.4, -0.2) is 23.1 Å². The highest BCUT2D eigenvalue weighted by molar-refractivity contribution is 7.19. The maximum absolute atomic E-state index is 12.1. The fourth-order valence-corrected chi connectivity index (χ4v) is 2.78. The van der Waals surface area contributed by atoms with Gasteiger partial charge in [-0.05, 0) is 25.0 Å². The summed E-state index contributed by atoms with van der Waals surface area (Å²) in [6.07, 6.45) is 1.59. The fraction of sp³-hybridized carbons (Fsp3) is 0.429. The minimum absolute atomic E-state index is 0. The zero-order valence-electron chi connectivity index (χ0n) is 12.4. The molecule has 0 saturated heterocycles. The van der Waals surface area contributed by atoms with Crippen LogP contribution in [0.4, 0.5) is 0 Å². The van der Waals surface area contributed by atoms with E-state index in [4.69, 9.17) is 21.9 Å². The highest BCUT2D eigenvalue weighted by Crippen LogP contribution is 2.31. The highest BCUT2D eigenvalue weighted by atomic mass is 35.5. The molecule has 2 heterocycles. The van der Waals surface area contributed by atoms with E-state index in [0.29, 0.717) is 16.6 Å². The van der Waals surface area contributed by atoms with Gasteiger partial charge in [0.25, 0.3) is 5.91 Å². The Morgan fingerprint density at radius 2 is 2.14 bits per heavy atom. The van der Waals surface area contributed by atoms with E-state index in [1.807, 2.05) is 19.9 Å². The van der Waals surface area contributed by atoms with E-state index in [9.17, 15) is 4.79 Å². The van der Waals surface area contributed by atoms with Crippen molar-refractivity contribution < 1.29 is 9.32 Å². The van der Waals surface area contributed by atoms with Crippen molar-refractivity contribution in [3.63, 3.8) is 0 Å². The van der Waals surface area contributed by atoms with Gasteiger partial charge in [0.05, 0.1) is 9.21 Å². The maximum Gasteiger partial charge on any atom is 0.273 e. The first-order valence-corrected chi connectivity index (χ1v) is 7.96. The molecule has 0 spiro atoms. The number of thiophene rings is 1. The molecule has 2 aromatic rings. The van der Waals surface area contributed by atoms with E-state index in [2.05, 4.69) is 10.5 Å². The summed E-state index contributed by atoms with van der Waals surface area (Å²) in [5.74, 6) is 0.242. The van der Waals surface area contributed by atoms with E-state index >= 15 is 0 Å². The molecular formula is C14H19Cl2N3O2S. The van der Waals surface area contributed by atoms with Crippen molar-refractivity contribution in [2.45, 2.75) is 32.2 Å². The number of carbonyl (C=O) groups excluding carboxylic acids is 1. The number of amides is 1. The minimum atomic E-state index is -0.385. The van der Waals surface area contributed by atoms with Crippen LogP contribution in [0.25, 0.3) is 10.6 Å². The molecule has 0 unspecified atom stereocenters. The molecule has 0 fully saturated rings. The Morgan fingerprint density at radius 1 is 1.45 bits per heavy atom. The molecule has 0 aromatic carbocycles. The number of hydrogen-bond acceptors (Lipinski definition) is 5. The predicted octanol–water partition coefficient (Wildman–Crippen LogP) is 3.73. The summed E-state index contributed by atoms with van der Waals surface area (Å²) in [4.78, 5) is 12.9. The molecule has 0 bridgehead atoms. The zero-order chi connectivity index (χ0) is 15.5. The lowest BCUT2D eigenvalue weighted by Gasteiger charge is -2.26. The van der Waals surface area contributed by atoms with E-state index in [1.165, 1.54) is 11.3 Å². The number of rotatable bonds is 6. The molecule has 0 aliphatic carbocycles. The van der Waals surface area contributed by atoms with Crippen LogP contribution in [0.15, 0.2) is 22.7 Å². The fourth-order valence-electron chi connectivity index (χ4n) is 1.79. The monoisotopic (exact) mass is 363 g/mol. The lowest BCUT2D eigenvalue weighted by atomic mass is 9.94. The van der Waals surface area contributed by atoms with Gasteiger partial charge in [-0.15, -0.1) is 23.7 Å². The van der Waals surface area contributed by atoms with Gasteiger partial charge in [0.15, 0.2) is 11.5 Å². The molecule has 0 aliphatic heterocycles. The molecule has 0 saturated carbocycles. The molecule has 0 radical (unpaired) electrons. The van der Waals surface area contributed by atoms with Gasteiger partial charge >= 0.3 is 0 Å². The third kappa shape index (κ3) is 4.46. The zero-order valence-corrected chi connectivity index (χ0v) is 14.8. The normalized spacial score (nSPS) is 11.1. The molecule has 2 aromatic heterocycles. The molecule has 0 atom stereocenters. The van der Waals surface area contributed by atoms with Crippen LogP contribution in [0.1, 0.15) is 37.2 Å². The Labute approximate surface area is 144 Å². The lowest BCUT2D eigenvalue weighted by molar-refractivity contribution is 0.0933. The molecule has 122 valence electrons. The largest absolute Gasteiger partial charge is 0.355 e. The molecule has 2 rings (SSSR count). The minimum Gasteiger partial charge on any atom is -0.355 e. The Kier molecular flexibility index (Phi) is 6.87. The third-order valence-corrected chi connectivity index (χ3v) is 4.81. The average molecular weight is 364 g/mol. The van der Waals surface area contributed by atoms with Crippen LogP contribution in [0.3, 0.4) is 0 Å². The summed E-state index contributed by atoms with van der Waals surface area (Å²) in [7, 11) is 0. The van der Waals surface area contributed by atoms with Crippen LogP contribution < -0.4 is 11.1 Å². The summed E-state index contributed by atoms with van der Waals surface area (Å²) in [5, 5.41) is 6.59. The van der Waals surface area contributed by atoms with Crippen molar-refractivity contribution in [1.29, 1.82) is 0 Å². The van der Waals surface area contributed by atoms with Crippen LogP contribution in [0.5, 0.6) is 0 Å². The van der Waals surface area contributed by atoms with Crippen LogP contribution >= 0.6 is 35.3 Å². The Bertz CT molecular complexity index is 623. The number of nitrogens with one attached hydrogen (secondary N) is 1. The third-order valence-electron chi connectivity index (χ3n) is 3.57. The molecular weight excluding hydrogens is 345 g/mol. The van der Waals surface area contributed by atoms with Crippen LogP contribution in [0.2, 0.25) is 4.34 Å². The SMILES string of the molecule is CCC(N)(CC)CNC(=O)c1cc(-c2ccc(Cl)s2)on1.Cl. The standard InChI is InChI=1S/C14H18ClN3O2S.ClH/c1-3-14(16,4-2)8-17-13(19)9-7-10(20-18-9)11-5-6-12(15)21-11;/h5-7H,3-4,8,16H2,1-2H3,(H,17,19);1H. The van der Waals surface area contributed by atoms with Crippen molar-refractivity contribution in [3.05, 3.63) is 28.2 Å². The number of halogens is 2. The van der Waals surface area contributed by atoms with Crippen molar-refractivity contribution >= 4 is 41.3 Å². The van der Waals surface area contributed by atoms with Crippen molar-refractivity contribution in [1.82, 2.24) is 10.5 Å². The highest BCUT2D eigenvalue weighted by Gasteiger charge is 2.22. The van der Waals surface area contributed by atoms with Gasteiger partial charge in [-0.1, -0.05) is 30.6 Å². The molecule has 3 N–H and O–H groups in total. The smallest absolute Gasteiger partial charge is 0.273 e. The Hall–Kier alpha value is -1.08. The van der Waals surface area contributed by atoms with Gasteiger partial charge in [-0.3, -0.25) is 4.79 Å². The number of nitrogens with two attached hydrogens (primary N) is 1. The topological polar surface area (TPSA) is 81.1 Å². The van der Waals surface area contributed by atoms with Gasteiger partial charge in [0.2, 0.25) is 0 Å². The number of hydrogen-bond donors (Lipinski definition) is 2. The van der Waals surface area contributed by atoms with Gasteiger partial charge in [-0.2, -0.15) is 0 Å². The maximum atomic E-state index is 12.1. The van der Waals surface area contributed by atoms with Gasteiger partial charge in [-0.25, -0.2) is 0 Å². The second-order valence-corrected chi connectivity index (χ2v) is 6.65. The lowest BCUT2D eigenvalue weighted by Crippen LogP contribution is -2.49. The Morgan fingerprint density at radius 3 is 2.68 bits per heavy atom. The second-order valence-electron chi connectivity index (χ2n) is 4.93. The van der Waals surface area contributed by atoms with Crippen molar-refractivity contribution in [3.8, 4) is 10.6 Å². The molecule has 1 amide bonds. The second kappa shape index (κ2) is 7.97. The summed E-state index contributed by atoms with van der Waals surface area (Å²) in [6.45, 7) is 4.42. The Balaban J connectivity index is 0.00000242. The van der Waals surface area contributed by atoms with E-state index in [-0.39, 0.29) is 29.5 Å². The van der Waals surface area contributed by atoms with Gasteiger partial charge in [0, 0.05) is 18.2 Å². The first-order valence-electron chi connectivity index (χ1n) is 6.77. The van der Waals surface area contributed by atoms with E-state index in [0.717, 1.165) is 17.7 Å². The number of nitrogens with zero attached hydrogens (tertiary/aromatic N) is 1. The van der Waals surface area contributed by atoms with E-state index < -0.39 is 0 Å². The summed E-state index contributed by atoms with van der Waals surface area (Å²) < 4.78 is 5.84. The molecule has 5 nitrogen and oxygen atoms in total. The van der Waals surface area contributed by atoms with E-state index in [1.54, 1.807) is 12.1 Å².